The predicted octanol–water partition coefficient (Wildman–Crippen LogP) is 1.43. The van der Waals surface area contributed by atoms with Crippen molar-refractivity contribution in [2.75, 3.05) is 40.0 Å². The number of carbonyl (C=O) groups excluding carboxylic acids is 2. The highest BCUT2D eigenvalue weighted by molar-refractivity contribution is 5.96. The van der Waals surface area contributed by atoms with Crippen LogP contribution in [0, 0.1) is 0 Å². The summed E-state index contributed by atoms with van der Waals surface area (Å²) in [6.45, 7) is 2.20. The zero-order valence-electron chi connectivity index (χ0n) is 21.1. The topological polar surface area (TPSA) is 118 Å². The van der Waals surface area contributed by atoms with E-state index < -0.39 is 24.2 Å². The average molecular weight is 511 g/mol. The lowest BCUT2D eigenvalue weighted by molar-refractivity contribution is -0.141. The number of methoxy groups -OCH3 is 1. The van der Waals surface area contributed by atoms with Gasteiger partial charge in [-0.25, -0.2) is 0 Å². The number of fused-ring (bicyclic) bond motifs is 3. The molecule has 9 nitrogen and oxygen atoms in total. The van der Waals surface area contributed by atoms with Crippen LogP contribution in [-0.2, 0) is 20.7 Å². The highest BCUT2D eigenvalue weighted by atomic mass is 16.5. The van der Waals surface area contributed by atoms with Crippen LogP contribution in [0.5, 0.6) is 11.5 Å². The minimum Gasteiger partial charge on any atom is -0.497 e. The number of amides is 2. The van der Waals surface area contributed by atoms with Gasteiger partial charge >= 0.3 is 0 Å². The summed E-state index contributed by atoms with van der Waals surface area (Å²) in [7, 11) is 1.60. The maximum atomic E-state index is 13.3. The van der Waals surface area contributed by atoms with Crippen LogP contribution in [-0.4, -0.2) is 85.2 Å². The van der Waals surface area contributed by atoms with E-state index in [2.05, 4.69) is 5.32 Å². The van der Waals surface area contributed by atoms with Gasteiger partial charge in [-0.15, -0.1) is 0 Å². The molecular weight excluding hydrogens is 476 g/mol. The summed E-state index contributed by atoms with van der Waals surface area (Å²) in [5.74, 6) is 0.149. The molecule has 0 bridgehead atoms. The molecule has 1 heterocycles. The molecule has 0 spiro atoms. The van der Waals surface area contributed by atoms with Crippen LogP contribution in [0.3, 0.4) is 0 Å². The van der Waals surface area contributed by atoms with Crippen LogP contribution in [0.4, 0.5) is 0 Å². The van der Waals surface area contributed by atoms with Crippen LogP contribution in [0.25, 0.3) is 0 Å². The third-order valence-electron chi connectivity index (χ3n) is 6.76. The van der Waals surface area contributed by atoms with Crippen molar-refractivity contribution in [3.8, 4) is 11.5 Å². The van der Waals surface area contributed by atoms with Crippen LogP contribution < -0.4 is 14.8 Å². The Morgan fingerprint density at radius 2 is 1.97 bits per heavy atom. The van der Waals surface area contributed by atoms with E-state index in [1.54, 1.807) is 31.1 Å². The Hall–Kier alpha value is -3.40. The van der Waals surface area contributed by atoms with Gasteiger partial charge in [-0.2, -0.15) is 0 Å². The Labute approximate surface area is 216 Å². The number of para-hydroxylation sites is 1. The van der Waals surface area contributed by atoms with E-state index in [4.69, 9.17) is 14.2 Å². The third kappa shape index (κ3) is 5.79. The van der Waals surface area contributed by atoms with E-state index in [1.807, 2.05) is 42.5 Å². The van der Waals surface area contributed by atoms with Gasteiger partial charge in [-0.3, -0.25) is 9.59 Å². The van der Waals surface area contributed by atoms with Gasteiger partial charge in [-0.1, -0.05) is 30.3 Å². The quantitative estimate of drug-likeness (QED) is 0.419. The average Bonchev–Trinajstić information content (AvgIpc) is 3.32. The lowest BCUT2D eigenvalue weighted by atomic mass is 9.77. The van der Waals surface area contributed by atoms with Gasteiger partial charge in [0.1, 0.15) is 30.3 Å². The lowest BCUT2D eigenvalue weighted by Crippen LogP contribution is -2.56. The van der Waals surface area contributed by atoms with E-state index in [9.17, 15) is 19.8 Å². The summed E-state index contributed by atoms with van der Waals surface area (Å²) in [4.78, 5) is 28.1. The van der Waals surface area contributed by atoms with Crippen LogP contribution in [0.2, 0.25) is 0 Å². The molecule has 9 heteroatoms. The fraction of sp³-hybridized carbons (Fsp3) is 0.429. The second-order valence-electron chi connectivity index (χ2n) is 9.01. The van der Waals surface area contributed by atoms with Gasteiger partial charge < -0.3 is 34.6 Å². The minimum absolute atomic E-state index is 0.0894. The molecule has 0 aromatic heterocycles. The van der Waals surface area contributed by atoms with Gasteiger partial charge in [0.15, 0.2) is 0 Å². The smallest absolute Gasteiger partial charge is 0.249 e. The molecular formula is C28H34N2O7. The van der Waals surface area contributed by atoms with Crippen molar-refractivity contribution in [2.24, 2.45) is 0 Å². The first-order chi connectivity index (χ1) is 18.0. The number of rotatable bonds is 11. The molecule has 4 atom stereocenters. The molecule has 0 saturated carbocycles. The Bertz CT molecular complexity index is 1140. The number of nitrogens with one attached hydrogen (secondary N) is 1. The second-order valence-corrected chi connectivity index (χ2v) is 9.01. The highest BCUT2D eigenvalue weighted by Gasteiger charge is 2.50. The van der Waals surface area contributed by atoms with Gasteiger partial charge in [0.2, 0.25) is 11.8 Å². The van der Waals surface area contributed by atoms with Gasteiger partial charge in [0, 0.05) is 30.8 Å². The summed E-state index contributed by atoms with van der Waals surface area (Å²) in [6.07, 6.45) is 0.344. The maximum absolute atomic E-state index is 13.3. The molecule has 198 valence electrons. The second kappa shape index (κ2) is 12.2. The van der Waals surface area contributed by atoms with Crippen LogP contribution in [0.15, 0.2) is 60.2 Å². The number of aliphatic hydroxyl groups is 2. The zero-order chi connectivity index (χ0) is 26.4. The number of carbonyl (C=O) groups is 2. The first-order valence-corrected chi connectivity index (χ1v) is 12.5. The standard InChI is InChI=1S/C28H34N2O7/c1-3-36-17-24(32)30(13-11-18-7-6-8-19(15-18)35-2)22-16-21(28(34)29-12-14-31)25-20-9-4-5-10-23(20)37-27(25)26(22)33/h4-10,15-16,22,25-27,31,33H,3,11-14,17H2,1-2H3,(H,29,34)/t22-,25+,26+,27+/m1/s1. The molecule has 0 saturated heterocycles. The molecule has 0 unspecified atom stereocenters. The number of aliphatic hydroxyl groups excluding tert-OH is 2. The lowest BCUT2D eigenvalue weighted by Gasteiger charge is -2.40. The molecule has 4 rings (SSSR count). The third-order valence-corrected chi connectivity index (χ3v) is 6.76. The minimum atomic E-state index is -1.08. The first kappa shape index (κ1) is 26.7. The highest BCUT2D eigenvalue weighted by Crippen LogP contribution is 2.47. The number of benzene rings is 2. The molecule has 2 aromatic rings. The Morgan fingerprint density at radius 3 is 2.73 bits per heavy atom. The number of hydrogen-bond acceptors (Lipinski definition) is 7. The summed E-state index contributed by atoms with van der Waals surface area (Å²) >= 11 is 0. The van der Waals surface area contributed by atoms with E-state index in [-0.39, 0.29) is 38.1 Å². The Kier molecular flexibility index (Phi) is 8.81. The summed E-state index contributed by atoms with van der Waals surface area (Å²) in [6, 6.07) is 14.1. The van der Waals surface area contributed by atoms with Crippen LogP contribution >= 0.6 is 0 Å². The van der Waals surface area contributed by atoms with Crippen molar-refractivity contribution in [3.05, 3.63) is 71.3 Å². The first-order valence-electron chi connectivity index (χ1n) is 12.5. The largest absolute Gasteiger partial charge is 0.497 e. The fourth-order valence-corrected chi connectivity index (χ4v) is 4.98. The molecule has 37 heavy (non-hydrogen) atoms. The molecule has 2 aliphatic rings. The Morgan fingerprint density at radius 1 is 1.16 bits per heavy atom. The van der Waals surface area contributed by atoms with E-state index >= 15 is 0 Å². The maximum Gasteiger partial charge on any atom is 0.249 e. The SMILES string of the molecule is CCOCC(=O)N(CCc1cccc(OC)c1)[C@@H]1C=C(C(=O)NCCO)[C@@H]2c3ccccc3O[C@@H]2[C@H]1O. The van der Waals surface area contributed by atoms with Gasteiger partial charge in [0.25, 0.3) is 0 Å². The molecule has 1 aliphatic heterocycles. The van der Waals surface area contributed by atoms with Crippen molar-refractivity contribution in [1.29, 1.82) is 0 Å². The normalized spacial score (nSPS) is 21.8. The van der Waals surface area contributed by atoms with Crippen molar-refractivity contribution < 1.29 is 34.0 Å². The number of ether oxygens (including phenoxy) is 3. The fourth-order valence-electron chi connectivity index (χ4n) is 4.98. The van der Waals surface area contributed by atoms with Gasteiger partial charge in [0.05, 0.1) is 25.7 Å². The van der Waals surface area contributed by atoms with Crippen molar-refractivity contribution in [3.63, 3.8) is 0 Å². The molecule has 0 radical (unpaired) electrons. The number of hydrogen-bond donors (Lipinski definition) is 3. The monoisotopic (exact) mass is 510 g/mol. The summed E-state index contributed by atoms with van der Waals surface area (Å²) in [5, 5.41) is 23.5. The molecule has 3 N–H and O–H groups in total. The molecule has 1 aliphatic carbocycles. The summed E-state index contributed by atoms with van der Waals surface area (Å²) in [5.41, 5.74) is 2.17. The van der Waals surface area contributed by atoms with E-state index in [0.717, 1.165) is 11.1 Å². The van der Waals surface area contributed by atoms with Crippen LogP contribution in [0.1, 0.15) is 24.0 Å². The zero-order valence-corrected chi connectivity index (χ0v) is 21.1. The van der Waals surface area contributed by atoms with Crippen molar-refractivity contribution >= 4 is 11.8 Å². The van der Waals surface area contributed by atoms with Gasteiger partial charge in [-0.05, 0) is 43.2 Å². The summed E-state index contributed by atoms with van der Waals surface area (Å²) < 4.78 is 16.9. The predicted molar refractivity (Wildman–Crippen MR) is 136 cm³/mol. The van der Waals surface area contributed by atoms with Crippen molar-refractivity contribution in [1.82, 2.24) is 10.2 Å². The van der Waals surface area contributed by atoms with E-state index in [1.165, 1.54) is 0 Å². The van der Waals surface area contributed by atoms with E-state index in [0.29, 0.717) is 30.1 Å². The Balaban J connectivity index is 1.68. The van der Waals surface area contributed by atoms with Crippen molar-refractivity contribution in [2.45, 2.75) is 37.5 Å². The molecule has 2 aromatic carbocycles. The molecule has 2 amide bonds. The molecule has 0 fully saturated rings. The number of nitrogens with zero attached hydrogens (tertiary/aromatic N) is 1.